The van der Waals surface area contributed by atoms with Crippen LogP contribution in [0.15, 0.2) is 107 Å². The molecule has 4 fully saturated rings. The van der Waals surface area contributed by atoms with Crippen molar-refractivity contribution >= 4 is 62.6 Å². The molecule has 1 saturated heterocycles. The molecule has 10 nitrogen and oxygen atoms in total. The number of halogens is 3. The zero-order chi connectivity index (χ0) is 62.9. The van der Waals surface area contributed by atoms with Crippen molar-refractivity contribution in [2.24, 2.45) is 0 Å². The Balaban J connectivity index is 0.000000152. The molecule has 12 rings (SSSR count). The van der Waals surface area contributed by atoms with E-state index < -0.39 is 26.4 Å². The van der Waals surface area contributed by atoms with Gasteiger partial charge in [0, 0.05) is 35.5 Å². The molecule has 472 valence electrons. The van der Waals surface area contributed by atoms with Gasteiger partial charge in [0.1, 0.15) is 28.8 Å². The SMILES string of the molecule is Cc1cc2c(cc1B1OC(C)(C)C(C)(C)O1)CCCC2.Cc1cc2c(cc1O)CCCC2.Cc1cc2c(cc1OS(=O)(=O)C(F)(F)F)CCCC2.O=C1CCCCC1.O=C1CCCCC1S(=O)c1ccccc1.O=C1CCCCC1Sc1ccccc1. The van der Waals surface area contributed by atoms with Gasteiger partial charge in [0.25, 0.3) is 0 Å². The normalized spacial score (nSPS) is 20.6. The Morgan fingerprint density at radius 2 is 0.989 bits per heavy atom. The number of hydrogen-bond donors (Lipinski definition) is 1. The summed E-state index contributed by atoms with van der Waals surface area (Å²) in [5.74, 6) is 1.29. The lowest BCUT2D eigenvalue weighted by molar-refractivity contribution is -0.120. The molecule has 0 radical (unpaired) electrons. The van der Waals surface area contributed by atoms with Crippen LogP contribution in [0.2, 0.25) is 0 Å². The third-order valence-electron chi connectivity index (χ3n) is 17.7. The average molecular weight is 1260 g/mol. The summed E-state index contributed by atoms with van der Waals surface area (Å²) < 4.78 is 87.5. The van der Waals surface area contributed by atoms with Gasteiger partial charge < -0.3 is 18.6 Å². The maximum absolute atomic E-state index is 12.3. The highest BCUT2D eigenvalue weighted by Gasteiger charge is 2.52. The molecule has 3 unspecified atom stereocenters. The molecule has 3 saturated carbocycles. The van der Waals surface area contributed by atoms with Crippen molar-refractivity contribution in [3.05, 3.63) is 147 Å². The molecule has 7 aliphatic rings. The van der Waals surface area contributed by atoms with Gasteiger partial charge in [-0.05, 0) is 250 Å². The van der Waals surface area contributed by atoms with Crippen LogP contribution in [0.25, 0.3) is 0 Å². The number of aryl methyl sites for hydroxylation is 9. The molecule has 1 heterocycles. The highest BCUT2D eigenvalue weighted by atomic mass is 32.2. The van der Waals surface area contributed by atoms with Crippen molar-refractivity contribution in [1.82, 2.24) is 0 Å². The van der Waals surface area contributed by atoms with Crippen LogP contribution in [0.1, 0.15) is 200 Å². The summed E-state index contributed by atoms with van der Waals surface area (Å²) in [6.45, 7) is 14.1. The fourth-order valence-electron chi connectivity index (χ4n) is 11.8. The molecule has 0 aromatic heterocycles. The van der Waals surface area contributed by atoms with Gasteiger partial charge in [-0.1, -0.05) is 85.5 Å². The van der Waals surface area contributed by atoms with Crippen LogP contribution in [0.4, 0.5) is 13.2 Å². The van der Waals surface area contributed by atoms with Crippen molar-refractivity contribution in [3.8, 4) is 11.5 Å². The first-order valence-corrected chi connectivity index (χ1v) is 35.0. The van der Waals surface area contributed by atoms with Gasteiger partial charge in [0.05, 0.1) is 32.5 Å². The zero-order valence-corrected chi connectivity index (χ0v) is 54.6. The maximum atomic E-state index is 12.3. The predicted octanol–water partition coefficient (Wildman–Crippen LogP) is 16.0. The van der Waals surface area contributed by atoms with Crippen molar-refractivity contribution in [2.45, 2.75) is 246 Å². The van der Waals surface area contributed by atoms with Crippen molar-refractivity contribution in [2.75, 3.05) is 0 Å². The number of hydrogen-bond acceptors (Lipinski definition) is 11. The van der Waals surface area contributed by atoms with Crippen LogP contribution < -0.4 is 9.65 Å². The summed E-state index contributed by atoms with van der Waals surface area (Å²) >= 11 is 1.72. The maximum Gasteiger partial charge on any atom is 0.534 e. The number of carbonyl (C=O) groups is 3. The number of phenolic OH excluding ortho intramolecular Hbond substituents is 1. The largest absolute Gasteiger partial charge is 0.534 e. The monoisotopic (exact) mass is 1250 g/mol. The second-order valence-corrected chi connectivity index (χ2v) is 29.5. The van der Waals surface area contributed by atoms with E-state index in [0.717, 1.165) is 118 Å². The third kappa shape index (κ3) is 20.0. The molecule has 1 N–H and O–H groups in total. The summed E-state index contributed by atoms with van der Waals surface area (Å²) in [6.07, 6.45) is 26.3. The number of phenols is 1. The minimum Gasteiger partial charge on any atom is -0.508 e. The third-order valence-corrected chi connectivity index (χ3v) is 21.7. The summed E-state index contributed by atoms with van der Waals surface area (Å²) in [4.78, 5) is 35.6. The lowest BCUT2D eigenvalue weighted by atomic mass is 9.73. The van der Waals surface area contributed by atoms with E-state index in [1.54, 1.807) is 17.8 Å². The molecule has 1 aliphatic heterocycles. The Kier molecular flexibility index (Phi) is 25.6. The molecule has 0 spiro atoms. The molecule has 3 atom stereocenters. The van der Waals surface area contributed by atoms with Crippen LogP contribution in [0.3, 0.4) is 0 Å². The number of benzene rings is 5. The predicted molar refractivity (Wildman–Crippen MR) is 344 cm³/mol. The lowest BCUT2D eigenvalue weighted by Gasteiger charge is -2.32. The molecular formula is C70H90BF3O10S3. The number of rotatable bonds is 7. The van der Waals surface area contributed by atoms with Gasteiger partial charge in [-0.3, -0.25) is 18.6 Å². The molecule has 17 heteroatoms. The number of Topliss-reactive ketones (excluding diaryl/α,β-unsaturated/α-hetero) is 3. The smallest absolute Gasteiger partial charge is 0.508 e. The van der Waals surface area contributed by atoms with Gasteiger partial charge in [0.2, 0.25) is 0 Å². The number of carbonyl (C=O) groups excluding carboxylic acids is 3. The Labute approximate surface area is 523 Å². The van der Waals surface area contributed by atoms with Gasteiger partial charge in [-0.25, -0.2) is 0 Å². The molecule has 5 aromatic rings. The summed E-state index contributed by atoms with van der Waals surface area (Å²) in [5.41, 5.74) is 5.71. The fraction of sp³-hybridized carbons (Fsp3) is 0.529. The molecule has 0 bridgehead atoms. The lowest BCUT2D eigenvalue weighted by Crippen LogP contribution is -2.41. The fourth-order valence-corrected chi connectivity index (χ4v) is 14.9. The minimum absolute atomic E-state index is 0.170. The van der Waals surface area contributed by atoms with E-state index in [1.807, 2.05) is 61.5 Å². The molecule has 87 heavy (non-hydrogen) atoms. The highest BCUT2D eigenvalue weighted by Crippen LogP contribution is 2.38. The average Bonchev–Trinajstić information content (AvgIpc) is 3.16. The summed E-state index contributed by atoms with van der Waals surface area (Å²) in [5, 5.41) is 9.43. The number of aromatic hydroxyl groups is 1. The Morgan fingerprint density at radius 3 is 1.48 bits per heavy atom. The van der Waals surface area contributed by atoms with Crippen molar-refractivity contribution in [1.29, 1.82) is 0 Å². The standard InChI is InChI=1S/C17H25BO2.C12H13F3O3S.C12H14O2S.C12H14OS.C11H14O.C6H10O/c1-12-10-13-8-6-7-9-14(13)11-15(12)18-19-16(2,3)17(4,5)20-18;1-8-6-9-4-2-3-5-10(9)7-11(8)18-19(16,17)12(13,14)15;13-11-8-4-5-9-12(11)15(14)10-6-2-1-3-7-10;13-11-8-4-5-9-12(11)14-10-6-2-1-3-7-10;1-8-6-9-4-2-3-5-10(9)7-11(8)12;7-6-4-2-1-3-5-6/h10-11H,6-9H2,1-5H3;6-7H,2-5H2,1H3;1-3,6-7,12H,4-5,8-9H2;1-3,6-7,12H,4-5,8-9H2;6-7,12H,2-5H2,1H3;1-5H2. The van der Waals surface area contributed by atoms with E-state index in [4.69, 9.17) is 9.31 Å². The molecule has 6 aliphatic carbocycles. The Morgan fingerprint density at radius 1 is 0.552 bits per heavy atom. The van der Waals surface area contributed by atoms with E-state index in [9.17, 15) is 45.3 Å². The van der Waals surface area contributed by atoms with E-state index in [-0.39, 0.29) is 40.4 Å². The van der Waals surface area contributed by atoms with Gasteiger partial charge in [0.15, 0.2) is 0 Å². The first kappa shape index (κ1) is 69.4. The molecular weight excluding hydrogens is 1160 g/mol. The molecule has 0 amide bonds. The first-order chi connectivity index (χ1) is 41.3. The number of ketones is 3. The second-order valence-electron chi connectivity index (χ2n) is 25.0. The number of alkyl halides is 3. The quantitative estimate of drug-likeness (QED) is 0.0942. The van der Waals surface area contributed by atoms with E-state index in [0.29, 0.717) is 29.3 Å². The first-order valence-electron chi connectivity index (χ1n) is 31.5. The van der Waals surface area contributed by atoms with Crippen LogP contribution in [0, 0.1) is 20.8 Å². The van der Waals surface area contributed by atoms with Crippen LogP contribution in [-0.4, -0.2) is 69.4 Å². The van der Waals surface area contributed by atoms with Gasteiger partial charge in [-0.15, -0.1) is 11.8 Å². The van der Waals surface area contributed by atoms with Crippen LogP contribution >= 0.6 is 11.8 Å². The Hall–Kier alpha value is -5.07. The van der Waals surface area contributed by atoms with E-state index in [2.05, 4.69) is 69.1 Å². The van der Waals surface area contributed by atoms with E-state index >= 15 is 0 Å². The van der Waals surface area contributed by atoms with Crippen LogP contribution in [0.5, 0.6) is 11.5 Å². The zero-order valence-electron chi connectivity index (χ0n) is 52.1. The topological polar surface area (TPSA) is 150 Å². The minimum atomic E-state index is -5.60. The van der Waals surface area contributed by atoms with Gasteiger partial charge in [-0.2, -0.15) is 21.6 Å². The summed E-state index contributed by atoms with van der Waals surface area (Å²) in [6, 6.07) is 31.3. The van der Waals surface area contributed by atoms with Crippen molar-refractivity contribution < 1.29 is 58.8 Å². The van der Waals surface area contributed by atoms with E-state index in [1.165, 1.54) is 109 Å². The highest BCUT2D eigenvalue weighted by molar-refractivity contribution is 8.00. The number of thioether (sulfide) groups is 1. The van der Waals surface area contributed by atoms with Crippen molar-refractivity contribution in [3.63, 3.8) is 0 Å². The Bertz CT molecular complexity index is 3200. The molecule has 5 aromatic carbocycles. The van der Waals surface area contributed by atoms with Gasteiger partial charge >= 0.3 is 22.7 Å². The summed E-state index contributed by atoms with van der Waals surface area (Å²) in [7, 11) is -6.98. The second kappa shape index (κ2) is 32.1. The number of fused-ring (bicyclic) bond motifs is 3. The van der Waals surface area contributed by atoms with Crippen LogP contribution in [-0.2, 0) is 83.1 Å².